The lowest BCUT2D eigenvalue weighted by atomic mass is 10.1. The maximum atomic E-state index is 12.6. The van der Waals surface area contributed by atoms with Crippen molar-refractivity contribution in [3.8, 4) is 5.75 Å². The topological polar surface area (TPSA) is 117 Å². The fourth-order valence-corrected chi connectivity index (χ4v) is 2.62. The Balaban J connectivity index is 2.06. The molecule has 1 atom stereocenters. The standard InChI is InChI=1S/C21H25N3O5/c1-3-15(13-25)23-20(27)21(28)24-17-10-6-5-9-16(17)19(26)22-12-14-8-4-7-11-18(14)29-2/h4-11,15,25H,3,12-13H2,1-2H3,(H,22,26)(H,23,27)(H,24,28)/t15-/m1/s1. The Morgan fingerprint density at radius 2 is 1.72 bits per heavy atom. The summed E-state index contributed by atoms with van der Waals surface area (Å²) in [7, 11) is 1.55. The zero-order valence-corrected chi connectivity index (χ0v) is 16.4. The molecule has 0 fully saturated rings. The Morgan fingerprint density at radius 3 is 2.41 bits per heavy atom. The Labute approximate surface area is 169 Å². The largest absolute Gasteiger partial charge is 0.496 e. The van der Waals surface area contributed by atoms with E-state index in [0.717, 1.165) is 5.56 Å². The van der Waals surface area contributed by atoms with Crippen molar-refractivity contribution in [2.45, 2.75) is 25.9 Å². The summed E-state index contributed by atoms with van der Waals surface area (Å²) in [6, 6.07) is 13.2. The van der Waals surface area contributed by atoms with Gasteiger partial charge in [-0.2, -0.15) is 0 Å². The van der Waals surface area contributed by atoms with E-state index in [9.17, 15) is 14.4 Å². The van der Waals surface area contributed by atoms with Crippen LogP contribution in [0.1, 0.15) is 29.3 Å². The van der Waals surface area contributed by atoms with Gasteiger partial charge in [-0.15, -0.1) is 0 Å². The molecule has 154 valence electrons. The quantitative estimate of drug-likeness (QED) is 0.502. The number of ether oxygens (including phenoxy) is 1. The van der Waals surface area contributed by atoms with Gasteiger partial charge in [0.05, 0.1) is 31.0 Å². The second-order valence-corrected chi connectivity index (χ2v) is 6.26. The summed E-state index contributed by atoms with van der Waals surface area (Å²) in [6.07, 6.45) is 0.484. The third kappa shape index (κ3) is 6.05. The van der Waals surface area contributed by atoms with E-state index in [-0.39, 0.29) is 24.4 Å². The lowest BCUT2D eigenvalue weighted by Crippen LogP contribution is -2.43. The molecule has 0 saturated heterocycles. The molecule has 4 N–H and O–H groups in total. The van der Waals surface area contributed by atoms with Crippen LogP contribution in [0, 0.1) is 0 Å². The second kappa shape index (κ2) is 10.8. The molecule has 0 saturated carbocycles. The van der Waals surface area contributed by atoms with Gasteiger partial charge in [0.15, 0.2) is 0 Å². The van der Waals surface area contributed by atoms with Crippen LogP contribution in [-0.2, 0) is 16.1 Å². The summed E-state index contributed by atoms with van der Waals surface area (Å²) >= 11 is 0. The van der Waals surface area contributed by atoms with E-state index in [4.69, 9.17) is 9.84 Å². The predicted octanol–water partition coefficient (Wildman–Crippen LogP) is 1.45. The van der Waals surface area contributed by atoms with Gasteiger partial charge in [-0.1, -0.05) is 37.3 Å². The van der Waals surface area contributed by atoms with Crippen molar-refractivity contribution in [1.29, 1.82) is 0 Å². The Hall–Kier alpha value is -3.39. The van der Waals surface area contributed by atoms with Crippen molar-refractivity contribution in [2.24, 2.45) is 0 Å². The van der Waals surface area contributed by atoms with Crippen molar-refractivity contribution >= 4 is 23.4 Å². The van der Waals surface area contributed by atoms with Crippen LogP contribution in [-0.4, -0.2) is 42.6 Å². The van der Waals surface area contributed by atoms with Gasteiger partial charge in [0.1, 0.15) is 5.75 Å². The van der Waals surface area contributed by atoms with E-state index in [2.05, 4.69) is 16.0 Å². The first-order valence-corrected chi connectivity index (χ1v) is 9.22. The highest BCUT2D eigenvalue weighted by molar-refractivity contribution is 6.40. The molecule has 0 aromatic heterocycles. The molecule has 0 aliphatic carbocycles. The van der Waals surface area contributed by atoms with E-state index in [0.29, 0.717) is 12.2 Å². The Bertz CT molecular complexity index is 865. The number of rotatable bonds is 8. The zero-order valence-electron chi connectivity index (χ0n) is 16.4. The molecule has 0 unspecified atom stereocenters. The maximum Gasteiger partial charge on any atom is 0.313 e. The molecule has 2 aromatic rings. The van der Waals surface area contributed by atoms with Gasteiger partial charge < -0.3 is 25.8 Å². The number of methoxy groups -OCH3 is 1. The van der Waals surface area contributed by atoms with Crippen LogP contribution in [0.5, 0.6) is 5.75 Å². The number of benzene rings is 2. The molecular formula is C21H25N3O5. The first-order valence-electron chi connectivity index (χ1n) is 9.22. The number of carbonyl (C=O) groups excluding carboxylic acids is 3. The van der Waals surface area contributed by atoms with Crippen LogP contribution in [0.2, 0.25) is 0 Å². The van der Waals surface area contributed by atoms with Gasteiger partial charge in [-0.3, -0.25) is 14.4 Å². The third-order valence-electron chi connectivity index (χ3n) is 4.31. The highest BCUT2D eigenvalue weighted by atomic mass is 16.5. The van der Waals surface area contributed by atoms with Gasteiger partial charge in [-0.25, -0.2) is 0 Å². The molecule has 8 nitrogen and oxygen atoms in total. The molecule has 2 rings (SSSR count). The molecule has 0 spiro atoms. The maximum absolute atomic E-state index is 12.6. The minimum atomic E-state index is -0.915. The normalized spacial score (nSPS) is 11.3. The summed E-state index contributed by atoms with van der Waals surface area (Å²) in [4.78, 5) is 36.8. The van der Waals surface area contributed by atoms with Gasteiger partial charge >= 0.3 is 11.8 Å². The Morgan fingerprint density at radius 1 is 1.03 bits per heavy atom. The fraction of sp³-hybridized carbons (Fsp3) is 0.286. The Kier molecular flexibility index (Phi) is 8.17. The average molecular weight is 399 g/mol. The number of anilines is 1. The summed E-state index contributed by atoms with van der Waals surface area (Å²) < 4.78 is 5.27. The molecule has 0 radical (unpaired) electrons. The number of hydrogen-bond acceptors (Lipinski definition) is 5. The first kappa shape index (κ1) is 21.9. The fourth-order valence-electron chi connectivity index (χ4n) is 2.62. The number of hydrogen-bond donors (Lipinski definition) is 4. The monoisotopic (exact) mass is 399 g/mol. The molecule has 0 aliphatic heterocycles. The van der Waals surface area contributed by atoms with Gasteiger partial charge in [-0.05, 0) is 24.6 Å². The summed E-state index contributed by atoms with van der Waals surface area (Å²) in [5.41, 5.74) is 1.24. The van der Waals surface area contributed by atoms with E-state index in [1.54, 1.807) is 38.3 Å². The van der Waals surface area contributed by atoms with Crippen LogP contribution in [0.3, 0.4) is 0 Å². The summed E-state index contributed by atoms with van der Waals surface area (Å²) in [6.45, 7) is 1.75. The van der Waals surface area contributed by atoms with E-state index < -0.39 is 23.8 Å². The highest BCUT2D eigenvalue weighted by Crippen LogP contribution is 2.18. The van der Waals surface area contributed by atoms with Crippen LogP contribution in [0.15, 0.2) is 48.5 Å². The van der Waals surface area contributed by atoms with Crippen molar-refractivity contribution in [3.05, 3.63) is 59.7 Å². The minimum absolute atomic E-state index is 0.210. The van der Waals surface area contributed by atoms with Crippen molar-refractivity contribution < 1.29 is 24.2 Å². The molecular weight excluding hydrogens is 374 g/mol. The molecule has 0 heterocycles. The number of carbonyl (C=O) groups is 3. The lowest BCUT2D eigenvalue weighted by Gasteiger charge is -2.15. The lowest BCUT2D eigenvalue weighted by molar-refractivity contribution is -0.136. The molecule has 2 aromatic carbocycles. The average Bonchev–Trinajstić information content (AvgIpc) is 2.76. The number of para-hydroxylation sites is 2. The van der Waals surface area contributed by atoms with Gasteiger partial charge in [0, 0.05) is 12.1 Å². The third-order valence-corrected chi connectivity index (χ3v) is 4.31. The number of aliphatic hydroxyl groups excluding tert-OH is 1. The SMILES string of the molecule is CC[C@H](CO)NC(=O)C(=O)Nc1ccccc1C(=O)NCc1ccccc1OC. The van der Waals surface area contributed by atoms with Gasteiger partial charge in [0.2, 0.25) is 0 Å². The van der Waals surface area contributed by atoms with Crippen LogP contribution < -0.4 is 20.7 Å². The van der Waals surface area contributed by atoms with Gasteiger partial charge in [0.25, 0.3) is 5.91 Å². The first-order chi connectivity index (χ1) is 14.0. The summed E-state index contributed by atoms with van der Waals surface area (Å²) in [5, 5.41) is 16.8. The smallest absolute Gasteiger partial charge is 0.313 e. The molecule has 0 aliphatic rings. The van der Waals surface area contributed by atoms with E-state index >= 15 is 0 Å². The number of nitrogens with one attached hydrogen (secondary N) is 3. The number of aliphatic hydroxyl groups is 1. The molecule has 8 heteroatoms. The van der Waals surface area contributed by atoms with E-state index in [1.165, 1.54) is 6.07 Å². The van der Waals surface area contributed by atoms with Crippen molar-refractivity contribution in [2.75, 3.05) is 19.0 Å². The predicted molar refractivity (Wildman–Crippen MR) is 109 cm³/mol. The van der Waals surface area contributed by atoms with Crippen LogP contribution in [0.4, 0.5) is 5.69 Å². The second-order valence-electron chi connectivity index (χ2n) is 6.26. The summed E-state index contributed by atoms with van der Waals surface area (Å²) in [5.74, 6) is -1.55. The van der Waals surface area contributed by atoms with Crippen molar-refractivity contribution in [3.63, 3.8) is 0 Å². The van der Waals surface area contributed by atoms with E-state index in [1.807, 2.05) is 18.2 Å². The molecule has 0 bridgehead atoms. The van der Waals surface area contributed by atoms with Crippen molar-refractivity contribution in [1.82, 2.24) is 10.6 Å². The minimum Gasteiger partial charge on any atom is -0.496 e. The zero-order chi connectivity index (χ0) is 21.2. The highest BCUT2D eigenvalue weighted by Gasteiger charge is 2.20. The van der Waals surface area contributed by atoms with Crippen LogP contribution in [0.25, 0.3) is 0 Å². The molecule has 3 amide bonds. The molecule has 29 heavy (non-hydrogen) atoms. The van der Waals surface area contributed by atoms with Crippen LogP contribution >= 0.6 is 0 Å². The number of amides is 3.